The topological polar surface area (TPSA) is 108 Å². The largest absolute Gasteiger partial charge is 0.483 e. The molecule has 1 aromatic carbocycles. The van der Waals surface area contributed by atoms with E-state index in [4.69, 9.17) is 9.15 Å². The number of likely N-dealkylation sites (N-methyl/N-ethyl adjacent to an activating group) is 1. The number of benzene rings is 1. The summed E-state index contributed by atoms with van der Waals surface area (Å²) in [5.74, 6) is 1.12. The van der Waals surface area contributed by atoms with Crippen LogP contribution in [0.1, 0.15) is 75.9 Å². The fourth-order valence-electron chi connectivity index (χ4n) is 5.30. The van der Waals surface area contributed by atoms with Crippen LogP contribution in [0.4, 0.5) is 0 Å². The summed E-state index contributed by atoms with van der Waals surface area (Å²) in [5, 5.41) is 2.97. The first-order valence-corrected chi connectivity index (χ1v) is 14.7. The second-order valence-electron chi connectivity index (χ2n) is 12.6. The number of nitrogens with zero attached hydrogens (tertiary/aromatic N) is 4. The second-order valence-corrected chi connectivity index (χ2v) is 12.6. The summed E-state index contributed by atoms with van der Waals surface area (Å²) in [6.07, 6.45) is 3.57. The number of amides is 3. The van der Waals surface area contributed by atoms with Gasteiger partial charge in [-0.15, -0.1) is 0 Å². The lowest BCUT2D eigenvalue weighted by Crippen LogP contribution is -2.56. The molecule has 3 amide bonds. The van der Waals surface area contributed by atoms with Gasteiger partial charge in [0.2, 0.25) is 17.7 Å². The highest BCUT2D eigenvalue weighted by Gasteiger charge is 2.40. The molecule has 2 aliphatic rings. The van der Waals surface area contributed by atoms with Gasteiger partial charge in [-0.25, -0.2) is 4.98 Å². The fraction of sp³-hybridized carbons (Fsp3) is 0.613. The monoisotopic (exact) mass is 567 g/mol. The number of carbonyl (C=O) groups is 3. The Morgan fingerprint density at radius 3 is 2.46 bits per heavy atom. The predicted molar refractivity (Wildman–Crippen MR) is 155 cm³/mol. The van der Waals surface area contributed by atoms with Gasteiger partial charge in [-0.3, -0.25) is 14.4 Å². The van der Waals surface area contributed by atoms with Crippen LogP contribution >= 0.6 is 0 Å². The van der Waals surface area contributed by atoms with Gasteiger partial charge in [0.25, 0.3) is 5.91 Å². The molecule has 2 saturated heterocycles. The number of likely N-dealkylation sites (tertiary alicyclic amines) is 1. The second kappa shape index (κ2) is 13.1. The molecule has 10 heteroatoms. The van der Waals surface area contributed by atoms with Crippen LogP contribution < -0.4 is 10.1 Å². The lowest BCUT2D eigenvalue weighted by molar-refractivity contribution is -0.145. The van der Waals surface area contributed by atoms with Crippen molar-refractivity contribution in [2.45, 2.75) is 78.0 Å². The quantitative estimate of drug-likeness (QED) is 0.494. The molecule has 1 N–H and O–H groups in total. The Balaban J connectivity index is 1.45. The maximum atomic E-state index is 13.9. The zero-order valence-corrected chi connectivity index (χ0v) is 25.3. The molecule has 0 bridgehead atoms. The van der Waals surface area contributed by atoms with E-state index in [0.717, 1.165) is 25.3 Å². The molecular weight excluding hydrogens is 522 g/mol. The van der Waals surface area contributed by atoms with Crippen molar-refractivity contribution >= 4 is 17.7 Å². The van der Waals surface area contributed by atoms with Crippen LogP contribution in [-0.4, -0.2) is 89.3 Å². The van der Waals surface area contributed by atoms with Gasteiger partial charge in [-0.1, -0.05) is 46.8 Å². The molecule has 10 nitrogen and oxygen atoms in total. The van der Waals surface area contributed by atoms with Crippen LogP contribution in [-0.2, 0) is 21.6 Å². The highest BCUT2D eigenvalue weighted by molar-refractivity contribution is 6.00. The summed E-state index contributed by atoms with van der Waals surface area (Å²) in [5.41, 5.74) is 0.146. The molecule has 0 saturated carbocycles. The molecule has 3 heterocycles. The van der Waals surface area contributed by atoms with Gasteiger partial charge >= 0.3 is 0 Å². The Kier molecular flexibility index (Phi) is 9.73. The van der Waals surface area contributed by atoms with Crippen LogP contribution in [0.25, 0.3) is 0 Å². The third kappa shape index (κ3) is 7.67. The van der Waals surface area contributed by atoms with Crippen LogP contribution in [0.2, 0.25) is 0 Å². The van der Waals surface area contributed by atoms with Crippen LogP contribution in [0, 0.1) is 5.92 Å². The van der Waals surface area contributed by atoms with Gasteiger partial charge in [0.05, 0.1) is 11.8 Å². The van der Waals surface area contributed by atoms with Gasteiger partial charge in [0.1, 0.15) is 23.6 Å². The Labute approximate surface area is 243 Å². The van der Waals surface area contributed by atoms with Gasteiger partial charge < -0.3 is 29.2 Å². The molecular formula is C31H45N5O5. The standard InChI is InChI=1S/C31H45N5O5/c1-21(2)18-23(29(38)36-13-9-11-24(36)30(39)35-16-14-34(6)15-17-35)33-28(37)22-10-7-8-12-25(22)40-20-27-32-19-26(41-27)31(3,4)5/h7-8,10,12,19,21,23-24H,9,11,13-18,20H2,1-6H3,(H,33,37)/t23-,24-/m1/s1. The van der Waals surface area contributed by atoms with Gasteiger partial charge in [0.15, 0.2) is 6.61 Å². The van der Waals surface area contributed by atoms with E-state index in [9.17, 15) is 14.4 Å². The number of nitrogens with one attached hydrogen (secondary N) is 1. The molecule has 41 heavy (non-hydrogen) atoms. The van der Waals surface area contributed by atoms with Crippen molar-refractivity contribution in [2.75, 3.05) is 39.8 Å². The Bertz CT molecular complexity index is 1210. The van der Waals surface area contributed by atoms with E-state index in [2.05, 4.69) is 15.2 Å². The normalized spacial score (nSPS) is 19.0. The number of carbonyl (C=O) groups excluding carboxylic acids is 3. The molecule has 0 unspecified atom stereocenters. The maximum Gasteiger partial charge on any atom is 0.255 e. The number of piperazine rings is 1. The number of hydrogen-bond donors (Lipinski definition) is 1. The van der Waals surface area contributed by atoms with Crippen LogP contribution in [0.5, 0.6) is 5.75 Å². The first kappa shape index (κ1) is 30.6. The zero-order valence-electron chi connectivity index (χ0n) is 25.3. The molecule has 2 fully saturated rings. The van der Waals surface area contributed by atoms with E-state index in [0.29, 0.717) is 49.7 Å². The van der Waals surface area contributed by atoms with E-state index in [1.165, 1.54) is 0 Å². The van der Waals surface area contributed by atoms with Gasteiger partial charge in [-0.05, 0) is 44.4 Å². The van der Waals surface area contributed by atoms with E-state index in [1.807, 2.05) is 46.6 Å². The number of hydrogen-bond acceptors (Lipinski definition) is 7. The average molecular weight is 568 g/mol. The van der Waals surface area contributed by atoms with Crippen molar-refractivity contribution in [1.82, 2.24) is 25.0 Å². The van der Waals surface area contributed by atoms with Crippen molar-refractivity contribution in [3.63, 3.8) is 0 Å². The number of ether oxygens (including phenoxy) is 1. The minimum Gasteiger partial charge on any atom is -0.483 e. The first-order chi connectivity index (χ1) is 19.4. The molecule has 2 aromatic rings. The number of oxazole rings is 1. The van der Waals surface area contributed by atoms with Crippen LogP contribution in [0.15, 0.2) is 34.9 Å². The molecule has 224 valence electrons. The lowest BCUT2D eigenvalue weighted by Gasteiger charge is -2.36. The summed E-state index contributed by atoms with van der Waals surface area (Å²) < 4.78 is 11.8. The van der Waals surface area contributed by atoms with E-state index < -0.39 is 18.0 Å². The first-order valence-electron chi connectivity index (χ1n) is 14.7. The van der Waals surface area contributed by atoms with E-state index in [1.54, 1.807) is 35.4 Å². The summed E-state index contributed by atoms with van der Waals surface area (Å²) in [4.78, 5) is 50.9. The van der Waals surface area contributed by atoms with Gasteiger partial charge in [0, 0.05) is 38.1 Å². The fourth-order valence-corrected chi connectivity index (χ4v) is 5.30. The Morgan fingerprint density at radius 1 is 1.10 bits per heavy atom. The minimum absolute atomic E-state index is 0.0125. The van der Waals surface area contributed by atoms with Crippen molar-refractivity contribution < 1.29 is 23.5 Å². The molecule has 1 aromatic heterocycles. The number of aromatic nitrogens is 1. The van der Waals surface area contributed by atoms with Crippen molar-refractivity contribution in [3.05, 3.63) is 47.7 Å². The highest BCUT2D eigenvalue weighted by atomic mass is 16.5. The zero-order chi connectivity index (χ0) is 29.7. The Morgan fingerprint density at radius 2 is 1.80 bits per heavy atom. The van der Waals surface area contributed by atoms with Crippen molar-refractivity contribution in [1.29, 1.82) is 0 Å². The summed E-state index contributed by atoms with van der Waals surface area (Å²) >= 11 is 0. The summed E-state index contributed by atoms with van der Waals surface area (Å²) in [6.45, 7) is 13.7. The lowest BCUT2D eigenvalue weighted by atomic mass is 9.94. The Hall–Kier alpha value is -3.40. The molecule has 0 spiro atoms. The number of rotatable bonds is 9. The van der Waals surface area contributed by atoms with Crippen molar-refractivity contribution in [2.24, 2.45) is 5.92 Å². The maximum absolute atomic E-state index is 13.9. The SMILES string of the molecule is CC(C)C[C@@H](NC(=O)c1ccccc1OCc1ncc(C(C)(C)C)o1)C(=O)N1CCC[C@@H]1C(=O)N1CCN(C)CC1. The molecule has 2 aliphatic heterocycles. The van der Waals surface area contributed by atoms with Crippen molar-refractivity contribution in [3.8, 4) is 5.75 Å². The van der Waals surface area contributed by atoms with Gasteiger partial charge in [-0.2, -0.15) is 0 Å². The third-order valence-corrected chi connectivity index (χ3v) is 7.72. The minimum atomic E-state index is -0.752. The summed E-state index contributed by atoms with van der Waals surface area (Å²) in [7, 11) is 2.05. The van der Waals surface area contributed by atoms with Crippen LogP contribution in [0.3, 0.4) is 0 Å². The smallest absolute Gasteiger partial charge is 0.255 e. The molecule has 0 radical (unpaired) electrons. The molecule has 0 aliphatic carbocycles. The summed E-state index contributed by atoms with van der Waals surface area (Å²) in [6, 6.07) is 5.71. The number of para-hydroxylation sites is 1. The third-order valence-electron chi connectivity index (χ3n) is 7.72. The molecule has 4 rings (SSSR count). The average Bonchev–Trinajstić information content (AvgIpc) is 3.61. The molecule has 2 atom stereocenters. The van der Waals surface area contributed by atoms with E-state index >= 15 is 0 Å². The highest BCUT2D eigenvalue weighted by Crippen LogP contribution is 2.26. The predicted octanol–water partition coefficient (Wildman–Crippen LogP) is 3.46. The van der Waals surface area contributed by atoms with E-state index in [-0.39, 0.29) is 29.8 Å².